The number of nitrogens with zero attached hydrogens (tertiary/aromatic N) is 2. The minimum atomic E-state index is -3.64. The Balaban J connectivity index is 2.17. The highest BCUT2D eigenvalue weighted by Crippen LogP contribution is 2.19. The van der Waals surface area contributed by atoms with Crippen LogP contribution in [0.3, 0.4) is 0 Å². The molecule has 0 aromatic heterocycles. The summed E-state index contributed by atoms with van der Waals surface area (Å²) in [5, 5.41) is 0. The molecule has 1 aliphatic rings. The second-order valence-electron chi connectivity index (χ2n) is 5.64. The van der Waals surface area contributed by atoms with Crippen LogP contribution in [0.2, 0.25) is 0 Å². The largest absolute Gasteiger partial charge is 0.466 e. The SMILES string of the molecule is CCOC(=O)CC(=O)c1cccc(S(=O)(=O)N2CCN(C)CC2)c1. The van der Waals surface area contributed by atoms with Crippen LogP contribution < -0.4 is 0 Å². The summed E-state index contributed by atoms with van der Waals surface area (Å²) in [6.45, 7) is 4.02. The van der Waals surface area contributed by atoms with Crippen molar-refractivity contribution < 1.29 is 22.7 Å². The lowest BCUT2D eigenvalue weighted by atomic mass is 10.1. The van der Waals surface area contributed by atoms with Crippen molar-refractivity contribution in [2.75, 3.05) is 39.8 Å². The van der Waals surface area contributed by atoms with Crippen molar-refractivity contribution in [3.8, 4) is 0 Å². The zero-order chi connectivity index (χ0) is 17.7. The number of ether oxygens (including phenoxy) is 1. The van der Waals surface area contributed by atoms with Gasteiger partial charge in [0.15, 0.2) is 5.78 Å². The molecular weight excluding hydrogens is 332 g/mol. The minimum Gasteiger partial charge on any atom is -0.466 e. The highest BCUT2D eigenvalue weighted by Gasteiger charge is 2.28. The summed E-state index contributed by atoms with van der Waals surface area (Å²) in [4.78, 5) is 25.7. The minimum absolute atomic E-state index is 0.0711. The van der Waals surface area contributed by atoms with Gasteiger partial charge in [0.2, 0.25) is 10.0 Å². The van der Waals surface area contributed by atoms with Crippen LogP contribution in [0.5, 0.6) is 0 Å². The number of carbonyl (C=O) groups is 2. The quantitative estimate of drug-likeness (QED) is 0.426. The van der Waals surface area contributed by atoms with Crippen molar-refractivity contribution >= 4 is 21.8 Å². The van der Waals surface area contributed by atoms with Gasteiger partial charge < -0.3 is 9.64 Å². The Morgan fingerprint density at radius 3 is 2.46 bits per heavy atom. The highest BCUT2D eigenvalue weighted by molar-refractivity contribution is 7.89. The molecule has 2 rings (SSSR count). The molecule has 0 bridgehead atoms. The van der Waals surface area contributed by atoms with E-state index < -0.39 is 28.2 Å². The van der Waals surface area contributed by atoms with Crippen molar-refractivity contribution in [3.63, 3.8) is 0 Å². The Labute approximate surface area is 142 Å². The third kappa shape index (κ3) is 4.40. The monoisotopic (exact) mass is 354 g/mol. The average Bonchev–Trinajstić information content (AvgIpc) is 2.55. The molecular formula is C16H22N2O5S. The predicted molar refractivity (Wildman–Crippen MR) is 88.3 cm³/mol. The first-order valence-corrected chi connectivity index (χ1v) is 9.26. The molecule has 24 heavy (non-hydrogen) atoms. The summed E-state index contributed by atoms with van der Waals surface area (Å²) in [6.07, 6.45) is -0.397. The number of ketones is 1. The van der Waals surface area contributed by atoms with Gasteiger partial charge >= 0.3 is 5.97 Å². The summed E-state index contributed by atoms with van der Waals surface area (Å²) in [7, 11) is -1.70. The maximum Gasteiger partial charge on any atom is 0.313 e. The first-order chi connectivity index (χ1) is 11.3. The van der Waals surface area contributed by atoms with Crippen LogP contribution in [-0.4, -0.2) is 69.2 Å². The molecule has 1 heterocycles. The number of sulfonamides is 1. The third-order valence-electron chi connectivity index (χ3n) is 3.87. The lowest BCUT2D eigenvalue weighted by Crippen LogP contribution is -2.47. The fourth-order valence-electron chi connectivity index (χ4n) is 2.45. The molecule has 0 amide bonds. The Morgan fingerprint density at radius 2 is 1.83 bits per heavy atom. The molecule has 0 N–H and O–H groups in total. The van der Waals surface area contributed by atoms with E-state index in [2.05, 4.69) is 4.90 Å². The molecule has 7 nitrogen and oxygen atoms in total. The standard InChI is InChI=1S/C16H22N2O5S/c1-3-23-16(20)12-15(19)13-5-4-6-14(11-13)24(21,22)18-9-7-17(2)8-10-18/h4-6,11H,3,7-10,12H2,1-2H3. The molecule has 1 aromatic rings. The fourth-order valence-corrected chi connectivity index (χ4v) is 3.92. The molecule has 8 heteroatoms. The van der Waals surface area contributed by atoms with Crippen molar-refractivity contribution in [2.24, 2.45) is 0 Å². The lowest BCUT2D eigenvalue weighted by Gasteiger charge is -2.31. The Morgan fingerprint density at radius 1 is 1.17 bits per heavy atom. The molecule has 132 valence electrons. The lowest BCUT2D eigenvalue weighted by molar-refractivity contribution is -0.141. The number of piperazine rings is 1. The fraction of sp³-hybridized carbons (Fsp3) is 0.500. The van der Waals surface area contributed by atoms with E-state index in [1.165, 1.54) is 28.6 Å². The summed E-state index contributed by atoms with van der Waals surface area (Å²) in [5.41, 5.74) is 0.193. The number of rotatable bonds is 6. The van der Waals surface area contributed by atoms with E-state index in [0.717, 1.165) is 0 Å². The summed E-state index contributed by atoms with van der Waals surface area (Å²) in [6, 6.07) is 5.82. The number of likely N-dealkylation sites (N-methyl/N-ethyl adjacent to an activating group) is 1. The van der Waals surface area contributed by atoms with E-state index in [4.69, 9.17) is 4.74 Å². The number of carbonyl (C=O) groups excluding carboxylic acids is 2. The van der Waals surface area contributed by atoms with Gasteiger partial charge in [-0.3, -0.25) is 9.59 Å². The summed E-state index contributed by atoms with van der Waals surface area (Å²) >= 11 is 0. The van der Waals surface area contributed by atoms with Crippen molar-refractivity contribution in [3.05, 3.63) is 29.8 Å². The van der Waals surface area contributed by atoms with Crippen LogP contribution in [0.1, 0.15) is 23.7 Å². The Kier molecular flexibility index (Phi) is 6.09. The second-order valence-corrected chi connectivity index (χ2v) is 7.58. The van der Waals surface area contributed by atoms with E-state index in [1.54, 1.807) is 6.92 Å². The molecule has 1 fully saturated rings. The van der Waals surface area contributed by atoms with Gasteiger partial charge in [-0.15, -0.1) is 0 Å². The van der Waals surface area contributed by atoms with Gasteiger partial charge in [0.25, 0.3) is 0 Å². The highest BCUT2D eigenvalue weighted by atomic mass is 32.2. The number of benzene rings is 1. The van der Waals surface area contributed by atoms with E-state index >= 15 is 0 Å². The van der Waals surface area contributed by atoms with Crippen molar-refractivity contribution in [2.45, 2.75) is 18.2 Å². The van der Waals surface area contributed by atoms with E-state index in [0.29, 0.717) is 26.2 Å². The van der Waals surface area contributed by atoms with Gasteiger partial charge in [0.1, 0.15) is 6.42 Å². The normalized spacial score (nSPS) is 16.8. The second kappa shape index (κ2) is 7.87. The Hall–Kier alpha value is -1.77. The van der Waals surface area contributed by atoms with Gasteiger partial charge in [0.05, 0.1) is 11.5 Å². The van der Waals surface area contributed by atoms with Crippen LogP contribution in [0.25, 0.3) is 0 Å². The predicted octanol–water partition coefficient (Wildman–Crippen LogP) is 0.759. The summed E-state index contributed by atoms with van der Waals surface area (Å²) < 4.78 is 31.6. The molecule has 0 atom stereocenters. The van der Waals surface area contributed by atoms with E-state index in [-0.39, 0.29) is 17.1 Å². The number of esters is 1. The maximum atomic E-state index is 12.7. The van der Waals surface area contributed by atoms with Gasteiger partial charge in [-0.1, -0.05) is 12.1 Å². The zero-order valence-corrected chi connectivity index (χ0v) is 14.7. The van der Waals surface area contributed by atoms with Crippen LogP contribution in [0.4, 0.5) is 0 Å². The number of hydrogen-bond donors (Lipinski definition) is 0. The Bertz CT molecular complexity index is 709. The molecule has 0 saturated carbocycles. The van der Waals surface area contributed by atoms with Gasteiger partial charge in [0, 0.05) is 31.7 Å². The van der Waals surface area contributed by atoms with Gasteiger partial charge in [-0.25, -0.2) is 8.42 Å². The van der Waals surface area contributed by atoms with Gasteiger partial charge in [-0.2, -0.15) is 4.31 Å². The molecule has 1 saturated heterocycles. The van der Waals surface area contributed by atoms with Crippen LogP contribution >= 0.6 is 0 Å². The number of hydrogen-bond acceptors (Lipinski definition) is 6. The van der Waals surface area contributed by atoms with Gasteiger partial charge in [-0.05, 0) is 26.1 Å². The molecule has 0 radical (unpaired) electrons. The number of Topliss-reactive ketones (excluding diaryl/α,β-unsaturated/α-hetero) is 1. The first kappa shape index (κ1) is 18.6. The van der Waals surface area contributed by atoms with E-state index in [1.807, 2.05) is 7.05 Å². The smallest absolute Gasteiger partial charge is 0.313 e. The van der Waals surface area contributed by atoms with Crippen LogP contribution in [0.15, 0.2) is 29.2 Å². The first-order valence-electron chi connectivity index (χ1n) is 7.82. The molecule has 1 aromatic carbocycles. The molecule has 1 aliphatic heterocycles. The van der Waals surface area contributed by atoms with Crippen LogP contribution in [0, 0.1) is 0 Å². The van der Waals surface area contributed by atoms with Crippen molar-refractivity contribution in [1.82, 2.24) is 9.21 Å². The molecule has 0 aliphatic carbocycles. The average molecular weight is 354 g/mol. The van der Waals surface area contributed by atoms with E-state index in [9.17, 15) is 18.0 Å². The maximum absolute atomic E-state index is 12.7. The topological polar surface area (TPSA) is 84.0 Å². The third-order valence-corrected chi connectivity index (χ3v) is 5.76. The van der Waals surface area contributed by atoms with Crippen molar-refractivity contribution in [1.29, 1.82) is 0 Å². The van der Waals surface area contributed by atoms with Crippen LogP contribution in [-0.2, 0) is 19.6 Å². The molecule has 0 unspecified atom stereocenters. The molecule has 0 spiro atoms. The summed E-state index contributed by atoms with van der Waals surface area (Å²) in [5.74, 6) is -1.07. The zero-order valence-electron chi connectivity index (χ0n) is 13.9.